The Morgan fingerprint density at radius 1 is 0.818 bits per heavy atom. The third kappa shape index (κ3) is 11.5. The molecule has 0 aliphatic heterocycles. The third-order valence-corrected chi connectivity index (χ3v) is 11.0. The first-order chi connectivity index (χ1) is 5.13. The molecule has 0 aromatic carbocycles. The Bertz CT molecular complexity index is 77.9. The summed E-state index contributed by atoms with van der Waals surface area (Å²) in [6.07, 6.45) is 0. The van der Waals surface area contributed by atoms with Crippen LogP contribution in [0, 0.1) is 0 Å². The van der Waals surface area contributed by atoms with E-state index in [0.717, 1.165) is 0 Å². The molecule has 2 radical (unpaired) electrons. The molecule has 0 aromatic rings. The second kappa shape index (κ2) is 8.10. The molecule has 5 heteroatoms. The van der Waals surface area contributed by atoms with Gasteiger partial charge in [0.2, 0.25) is 0 Å². The van der Waals surface area contributed by atoms with Gasteiger partial charge in [-0.3, -0.25) is 0 Å². The minimum absolute atomic E-state index is 0.00203. The van der Waals surface area contributed by atoms with Gasteiger partial charge in [0.1, 0.15) is 0 Å². The molecule has 0 unspecified atom stereocenters. The maximum Gasteiger partial charge on any atom is 0.0541 e. The Hall–Kier alpha value is 1.48. The monoisotopic (exact) mass is 240 g/mol. The van der Waals surface area contributed by atoms with Gasteiger partial charge in [-0.15, -0.1) is 0 Å². The number of rotatable bonds is 6. The molecule has 0 heterocycles. The van der Waals surface area contributed by atoms with Gasteiger partial charge in [0.25, 0.3) is 0 Å². The van der Waals surface area contributed by atoms with E-state index in [9.17, 15) is 0 Å². The van der Waals surface area contributed by atoms with E-state index in [2.05, 4.69) is 26.2 Å². The van der Waals surface area contributed by atoms with Crippen molar-refractivity contribution >= 4 is 49.0 Å². The van der Waals surface area contributed by atoms with E-state index in [0.29, 0.717) is 0 Å². The Kier molecular flexibility index (Phi) is 9.19. The highest BCUT2D eigenvalue weighted by molar-refractivity contribution is 9.09. The topological polar surface area (TPSA) is 0 Å². The van der Waals surface area contributed by atoms with E-state index >= 15 is 0 Å². The molecule has 0 aliphatic rings. The van der Waals surface area contributed by atoms with Crippen molar-refractivity contribution in [3.63, 3.8) is 0 Å². The lowest BCUT2D eigenvalue weighted by atomic mass is 11.8. The van der Waals surface area contributed by atoms with Gasteiger partial charge in [-0.2, -0.15) is 0 Å². The van der Waals surface area contributed by atoms with Crippen molar-refractivity contribution in [1.29, 1.82) is 0 Å². The Morgan fingerprint density at radius 3 is 1.45 bits per heavy atom. The molecule has 0 atom stereocenters. The standard InChI is InChI=1S/C6H16S3Si2/c1-10(2)5-7-9-8-6-11(3)4/h5-6H2,1-4H3. The predicted octanol–water partition coefficient (Wildman–Crippen LogP) is 3.60. The first-order valence-electron chi connectivity index (χ1n) is 3.62. The van der Waals surface area contributed by atoms with Gasteiger partial charge in [-0.25, -0.2) is 0 Å². The second-order valence-corrected chi connectivity index (χ2v) is 13.8. The number of hydrogen-bond donors (Lipinski definition) is 0. The minimum Gasteiger partial charge on any atom is -0.0859 e. The van der Waals surface area contributed by atoms with Crippen LogP contribution in [0.5, 0.6) is 0 Å². The van der Waals surface area contributed by atoms with Gasteiger partial charge in [0, 0.05) is 0 Å². The number of hydrogen-bond acceptors (Lipinski definition) is 3. The van der Waals surface area contributed by atoms with Gasteiger partial charge in [0.05, 0.1) is 17.6 Å². The first-order valence-corrected chi connectivity index (χ1v) is 12.9. The van der Waals surface area contributed by atoms with Crippen molar-refractivity contribution in [3.05, 3.63) is 0 Å². The summed E-state index contributed by atoms with van der Waals surface area (Å²) < 4.78 is 0. The molecule has 0 nitrogen and oxygen atoms in total. The lowest BCUT2D eigenvalue weighted by Crippen LogP contribution is -2.03. The van der Waals surface area contributed by atoms with Crippen LogP contribution in [0.4, 0.5) is 0 Å². The highest BCUT2D eigenvalue weighted by atomic mass is 33.5. The molecule has 0 saturated heterocycles. The van der Waals surface area contributed by atoms with Crippen LogP contribution in [0.1, 0.15) is 0 Å². The maximum atomic E-state index is 2.37. The van der Waals surface area contributed by atoms with Crippen LogP contribution in [0.2, 0.25) is 26.2 Å². The van der Waals surface area contributed by atoms with E-state index < -0.39 is 0 Å². The summed E-state index contributed by atoms with van der Waals surface area (Å²) in [4.78, 5) is 0. The fourth-order valence-electron chi connectivity index (χ4n) is 0.318. The Labute approximate surface area is 85.7 Å². The van der Waals surface area contributed by atoms with E-state index in [1.807, 2.05) is 31.4 Å². The summed E-state index contributed by atoms with van der Waals surface area (Å²) in [7, 11) is 6.09. The highest BCUT2D eigenvalue weighted by Crippen LogP contribution is 2.34. The summed E-state index contributed by atoms with van der Waals surface area (Å²) in [6, 6.07) is 0. The lowest BCUT2D eigenvalue weighted by Gasteiger charge is -2.02. The highest BCUT2D eigenvalue weighted by Gasteiger charge is 1.99. The molecule has 66 valence electrons. The second-order valence-electron chi connectivity index (χ2n) is 3.01. The van der Waals surface area contributed by atoms with Crippen LogP contribution in [-0.2, 0) is 0 Å². The van der Waals surface area contributed by atoms with Crippen LogP contribution >= 0.6 is 31.4 Å². The molecule has 0 rings (SSSR count). The fraction of sp³-hybridized carbons (Fsp3) is 1.00. The van der Waals surface area contributed by atoms with E-state index in [-0.39, 0.29) is 17.6 Å². The predicted molar refractivity (Wildman–Crippen MR) is 67.5 cm³/mol. The van der Waals surface area contributed by atoms with E-state index in [1.54, 1.807) is 0 Å². The lowest BCUT2D eigenvalue weighted by molar-refractivity contribution is 1.88. The summed E-state index contributed by atoms with van der Waals surface area (Å²) in [6.45, 7) is 9.49. The minimum atomic E-state index is 0.00203. The van der Waals surface area contributed by atoms with Gasteiger partial charge in [0.15, 0.2) is 0 Å². The van der Waals surface area contributed by atoms with Gasteiger partial charge in [-0.1, -0.05) is 47.8 Å². The molecule has 0 fully saturated rings. The Balaban J connectivity index is 2.91. The van der Waals surface area contributed by atoms with Crippen LogP contribution in [0.15, 0.2) is 0 Å². The van der Waals surface area contributed by atoms with Crippen LogP contribution in [0.25, 0.3) is 0 Å². The smallest absolute Gasteiger partial charge is 0.0541 e. The average molecular weight is 241 g/mol. The zero-order chi connectivity index (χ0) is 8.69. The normalized spacial score (nSPS) is 11.5. The largest absolute Gasteiger partial charge is 0.0859 e. The SMILES string of the molecule is C[Si](C)CSSSC[Si](C)C. The summed E-state index contributed by atoms with van der Waals surface area (Å²) >= 11 is 0. The zero-order valence-electron chi connectivity index (χ0n) is 7.64. The van der Waals surface area contributed by atoms with Gasteiger partial charge >= 0.3 is 0 Å². The molecule has 0 N–H and O–H groups in total. The molecular weight excluding hydrogens is 224 g/mol. The molecule has 0 saturated carbocycles. The molecule has 0 aromatic heterocycles. The van der Waals surface area contributed by atoms with Crippen molar-refractivity contribution in [2.24, 2.45) is 0 Å². The molecule has 0 aliphatic carbocycles. The third-order valence-electron chi connectivity index (χ3n) is 0.791. The van der Waals surface area contributed by atoms with Crippen molar-refractivity contribution in [3.8, 4) is 0 Å². The van der Waals surface area contributed by atoms with Crippen molar-refractivity contribution in [1.82, 2.24) is 0 Å². The molecule has 11 heavy (non-hydrogen) atoms. The van der Waals surface area contributed by atoms with Crippen LogP contribution in [0.3, 0.4) is 0 Å². The summed E-state index contributed by atoms with van der Waals surface area (Å²) in [5.41, 5.74) is 0. The quantitative estimate of drug-likeness (QED) is 0.395. The molecule has 0 amide bonds. The average Bonchev–Trinajstić information content (AvgIpc) is 1.85. The summed E-state index contributed by atoms with van der Waals surface area (Å²) in [5, 5.41) is 2.77. The fourth-order valence-corrected chi connectivity index (χ4v) is 11.2. The van der Waals surface area contributed by atoms with Crippen molar-refractivity contribution in [2.45, 2.75) is 26.2 Å². The first kappa shape index (κ1) is 12.5. The van der Waals surface area contributed by atoms with Crippen LogP contribution in [-0.4, -0.2) is 28.3 Å². The van der Waals surface area contributed by atoms with Gasteiger partial charge in [-0.05, 0) is 20.6 Å². The molecule has 0 spiro atoms. The van der Waals surface area contributed by atoms with Gasteiger partial charge < -0.3 is 0 Å². The maximum absolute atomic E-state index is 2.37. The van der Waals surface area contributed by atoms with E-state index in [1.165, 1.54) is 10.8 Å². The van der Waals surface area contributed by atoms with Crippen molar-refractivity contribution < 1.29 is 0 Å². The summed E-state index contributed by atoms with van der Waals surface area (Å²) in [5.74, 6) is 0. The molecular formula is C6H16S3Si2. The zero-order valence-corrected chi connectivity index (χ0v) is 12.1. The Morgan fingerprint density at radius 2 is 1.18 bits per heavy atom. The molecule has 0 bridgehead atoms. The van der Waals surface area contributed by atoms with E-state index in [4.69, 9.17) is 0 Å². The van der Waals surface area contributed by atoms with Crippen LogP contribution < -0.4 is 0 Å². The van der Waals surface area contributed by atoms with Crippen molar-refractivity contribution in [2.75, 3.05) is 10.8 Å².